The number of nitrogens with zero attached hydrogens (tertiary/aromatic N) is 1. The minimum absolute atomic E-state index is 0.261. The third-order valence-electron chi connectivity index (χ3n) is 2.01. The highest BCUT2D eigenvalue weighted by Crippen LogP contribution is 2.16. The molecule has 0 aromatic heterocycles. The first-order chi connectivity index (χ1) is 7.54. The maximum atomic E-state index is 11.1. The zero-order valence-corrected chi connectivity index (χ0v) is 9.86. The first-order valence-electron chi connectivity index (χ1n) is 4.56. The zero-order valence-electron chi connectivity index (χ0n) is 9.04. The molecule has 0 fully saturated rings. The first-order valence-corrected chi connectivity index (χ1v) is 5.63. The van der Waals surface area contributed by atoms with Gasteiger partial charge in [0.1, 0.15) is 6.54 Å². The molecule has 6 heteroatoms. The molecule has 16 heavy (non-hydrogen) atoms. The quantitative estimate of drug-likeness (QED) is 0.635. The normalized spacial score (nSPS) is 11.9. The second-order valence-corrected chi connectivity index (χ2v) is 4.08. The van der Waals surface area contributed by atoms with Crippen LogP contribution in [0.5, 0.6) is 0 Å². The fourth-order valence-electron chi connectivity index (χ4n) is 1.13. The summed E-state index contributed by atoms with van der Waals surface area (Å²) >= 11 is -2.25. The van der Waals surface area contributed by atoms with Gasteiger partial charge in [-0.2, -0.15) is 0 Å². The number of anilines is 1. The van der Waals surface area contributed by atoms with E-state index in [1.165, 1.54) is 7.11 Å². The zero-order chi connectivity index (χ0) is 12.1. The molecular weight excluding hydrogens is 230 g/mol. The standard InChI is InChI=1S/C10H13NO4S/c1-8-3-5-9(6-4-8)11(16(13)14)7-10(12)15-2/h3-6H,7H2,1-2H3,(H,13,14). The van der Waals surface area contributed by atoms with E-state index in [4.69, 9.17) is 4.55 Å². The van der Waals surface area contributed by atoms with Gasteiger partial charge in [-0.1, -0.05) is 17.7 Å². The number of carbonyl (C=O) groups is 1. The van der Waals surface area contributed by atoms with E-state index < -0.39 is 17.2 Å². The van der Waals surface area contributed by atoms with Crippen molar-refractivity contribution in [3.63, 3.8) is 0 Å². The molecular formula is C10H13NO4S. The summed E-state index contributed by atoms with van der Waals surface area (Å²) in [5, 5.41) is 0. The molecule has 0 radical (unpaired) electrons. The van der Waals surface area contributed by atoms with E-state index in [-0.39, 0.29) is 6.54 Å². The summed E-state index contributed by atoms with van der Waals surface area (Å²) in [6.07, 6.45) is 0. The van der Waals surface area contributed by atoms with E-state index in [0.29, 0.717) is 5.69 Å². The van der Waals surface area contributed by atoms with Crippen molar-refractivity contribution >= 4 is 22.9 Å². The molecule has 0 heterocycles. The van der Waals surface area contributed by atoms with Crippen molar-refractivity contribution in [2.45, 2.75) is 6.92 Å². The van der Waals surface area contributed by atoms with Gasteiger partial charge in [0.2, 0.25) is 0 Å². The minimum atomic E-state index is -2.25. The van der Waals surface area contributed by atoms with E-state index in [9.17, 15) is 9.00 Å². The molecule has 0 amide bonds. The van der Waals surface area contributed by atoms with Crippen molar-refractivity contribution in [1.82, 2.24) is 0 Å². The lowest BCUT2D eigenvalue weighted by Crippen LogP contribution is -2.31. The number of rotatable bonds is 4. The Labute approximate surface area is 96.4 Å². The van der Waals surface area contributed by atoms with Gasteiger partial charge >= 0.3 is 5.97 Å². The molecule has 5 nitrogen and oxygen atoms in total. The molecule has 0 bridgehead atoms. The fourth-order valence-corrected chi connectivity index (χ4v) is 1.65. The van der Waals surface area contributed by atoms with Crippen molar-refractivity contribution in [1.29, 1.82) is 0 Å². The maximum absolute atomic E-state index is 11.1. The summed E-state index contributed by atoms with van der Waals surface area (Å²) in [5.74, 6) is -0.567. The van der Waals surface area contributed by atoms with Crippen LogP contribution in [0.1, 0.15) is 5.56 Å². The Morgan fingerprint density at radius 1 is 1.44 bits per heavy atom. The van der Waals surface area contributed by atoms with Gasteiger partial charge < -0.3 is 4.74 Å². The Hall–Kier alpha value is -1.40. The molecule has 1 aromatic rings. The Bertz CT molecular complexity index is 390. The van der Waals surface area contributed by atoms with Crippen LogP contribution in [0.15, 0.2) is 24.3 Å². The summed E-state index contributed by atoms with van der Waals surface area (Å²) in [6.45, 7) is 1.65. The van der Waals surface area contributed by atoms with Gasteiger partial charge in [-0.05, 0) is 19.1 Å². The number of carbonyl (C=O) groups excluding carboxylic acids is 1. The van der Waals surface area contributed by atoms with E-state index >= 15 is 0 Å². The summed E-state index contributed by atoms with van der Waals surface area (Å²) in [6, 6.07) is 6.94. The lowest BCUT2D eigenvalue weighted by molar-refractivity contribution is -0.138. The second kappa shape index (κ2) is 5.62. The molecule has 0 aliphatic carbocycles. The molecule has 1 atom stereocenters. The van der Waals surface area contributed by atoms with Gasteiger partial charge in [-0.3, -0.25) is 13.7 Å². The molecule has 0 saturated heterocycles. The van der Waals surface area contributed by atoms with Crippen molar-refractivity contribution in [3.8, 4) is 0 Å². The lowest BCUT2D eigenvalue weighted by atomic mass is 10.2. The SMILES string of the molecule is COC(=O)CN(c1ccc(C)cc1)S(=O)O. The van der Waals surface area contributed by atoms with Gasteiger partial charge in [0.15, 0.2) is 0 Å². The molecule has 88 valence electrons. The highest BCUT2D eigenvalue weighted by Gasteiger charge is 2.16. The molecule has 0 aliphatic heterocycles. The number of methoxy groups -OCH3 is 1. The van der Waals surface area contributed by atoms with Crippen LogP contribution >= 0.6 is 0 Å². The Balaban J connectivity index is 2.89. The smallest absolute Gasteiger partial charge is 0.326 e. The van der Waals surface area contributed by atoms with Crippen LogP contribution in [0.2, 0.25) is 0 Å². The number of esters is 1. The van der Waals surface area contributed by atoms with E-state index in [2.05, 4.69) is 4.74 Å². The lowest BCUT2D eigenvalue weighted by Gasteiger charge is -2.18. The van der Waals surface area contributed by atoms with E-state index in [0.717, 1.165) is 9.87 Å². The number of ether oxygens (including phenoxy) is 1. The summed E-state index contributed by atoms with van der Waals surface area (Å²) in [4.78, 5) is 11.1. The second-order valence-electron chi connectivity index (χ2n) is 3.18. The van der Waals surface area contributed by atoms with Crippen molar-refractivity contribution in [2.24, 2.45) is 0 Å². The van der Waals surface area contributed by atoms with Crippen LogP contribution in [-0.2, 0) is 20.8 Å². The molecule has 1 aromatic carbocycles. The Kier molecular flexibility index (Phi) is 4.45. The van der Waals surface area contributed by atoms with Crippen LogP contribution in [0.4, 0.5) is 5.69 Å². The van der Waals surface area contributed by atoms with Gasteiger partial charge in [-0.25, -0.2) is 4.21 Å². The number of hydrogen-bond donors (Lipinski definition) is 1. The van der Waals surface area contributed by atoms with Crippen molar-refractivity contribution < 1.29 is 18.3 Å². The molecule has 1 N–H and O–H groups in total. The monoisotopic (exact) mass is 243 g/mol. The largest absolute Gasteiger partial charge is 0.468 e. The van der Waals surface area contributed by atoms with Crippen LogP contribution in [0.25, 0.3) is 0 Å². The Morgan fingerprint density at radius 3 is 2.44 bits per heavy atom. The predicted octanol–water partition coefficient (Wildman–Crippen LogP) is 1.11. The highest BCUT2D eigenvalue weighted by atomic mass is 32.2. The third kappa shape index (κ3) is 3.32. The highest BCUT2D eigenvalue weighted by molar-refractivity contribution is 7.80. The number of benzene rings is 1. The van der Waals surface area contributed by atoms with E-state index in [1.54, 1.807) is 24.3 Å². The topological polar surface area (TPSA) is 66.8 Å². The fraction of sp³-hybridized carbons (Fsp3) is 0.300. The Morgan fingerprint density at radius 2 is 2.00 bits per heavy atom. The van der Waals surface area contributed by atoms with Gasteiger partial charge in [0.25, 0.3) is 11.3 Å². The molecule has 1 rings (SSSR count). The number of hydrogen-bond acceptors (Lipinski definition) is 3. The maximum Gasteiger partial charge on any atom is 0.326 e. The first kappa shape index (κ1) is 12.7. The van der Waals surface area contributed by atoms with Gasteiger partial charge in [0.05, 0.1) is 12.8 Å². The summed E-state index contributed by atoms with van der Waals surface area (Å²) in [7, 11) is 1.23. The average molecular weight is 243 g/mol. The van der Waals surface area contributed by atoms with Crippen LogP contribution < -0.4 is 4.31 Å². The molecule has 1 unspecified atom stereocenters. The van der Waals surface area contributed by atoms with Crippen LogP contribution in [0, 0.1) is 6.92 Å². The van der Waals surface area contributed by atoms with Crippen molar-refractivity contribution in [3.05, 3.63) is 29.8 Å². The molecule has 0 aliphatic rings. The molecule has 0 saturated carbocycles. The third-order valence-corrected chi connectivity index (χ3v) is 2.73. The molecule has 0 spiro atoms. The predicted molar refractivity (Wildman–Crippen MR) is 61.3 cm³/mol. The van der Waals surface area contributed by atoms with Crippen LogP contribution in [-0.4, -0.2) is 28.4 Å². The summed E-state index contributed by atoms with van der Waals surface area (Å²) < 4.78 is 25.6. The number of aryl methyl sites for hydroxylation is 1. The van der Waals surface area contributed by atoms with Gasteiger partial charge in [0, 0.05) is 0 Å². The van der Waals surface area contributed by atoms with Gasteiger partial charge in [-0.15, -0.1) is 0 Å². The van der Waals surface area contributed by atoms with E-state index in [1.807, 2.05) is 6.92 Å². The average Bonchev–Trinajstić information content (AvgIpc) is 2.26. The van der Waals surface area contributed by atoms with Crippen molar-refractivity contribution in [2.75, 3.05) is 18.0 Å². The summed E-state index contributed by atoms with van der Waals surface area (Å²) in [5.41, 5.74) is 1.53. The van der Waals surface area contributed by atoms with Crippen LogP contribution in [0.3, 0.4) is 0 Å². The minimum Gasteiger partial charge on any atom is -0.468 e.